The minimum atomic E-state index is 0. The average Bonchev–Trinajstić information content (AvgIpc) is 2.63. The van der Waals surface area contributed by atoms with Gasteiger partial charge < -0.3 is 65.1 Å². The van der Waals surface area contributed by atoms with Crippen molar-refractivity contribution in [3.8, 4) is 0 Å². The van der Waals surface area contributed by atoms with Crippen LogP contribution in [0.2, 0.25) is 0 Å². The van der Waals surface area contributed by atoms with Crippen LogP contribution in [0.5, 0.6) is 0 Å². The summed E-state index contributed by atoms with van der Waals surface area (Å²) in [6, 6.07) is 11.8. The second kappa shape index (κ2) is 24.4. The summed E-state index contributed by atoms with van der Waals surface area (Å²) in [6.07, 6.45) is 0. The van der Waals surface area contributed by atoms with Gasteiger partial charge >= 0.3 is 17.1 Å². The maximum absolute atomic E-state index is 5.17. The molecule has 0 amide bonds. The predicted molar refractivity (Wildman–Crippen MR) is 113 cm³/mol. The van der Waals surface area contributed by atoms with E-state index in [1.54, 1.807) is 0 Å². The van der Waals surface area contributed by atoms with Crippen molar-refractivity contribution in [1.29, 1.82) is 0 Å². The Balaban J connectivity index is -0.000000147. The van der Waals surface area contributed by atoms with Crippen molar-refractivity contribution in [1.82, 2.24) is 0 Å². The van der Waals surface area contributed by atoms with Gasteiger partial charge in [0.25, 0.3) is 0 Å². The van der Waals surface area contributed by atoms with Crippen LogP contribution in [0.1, 0.15) is 0 Å². The molecule has 0 atom stereocenters. The Morgan fingerprint density at radius 2 is 0.769 bits per heavy atom. The second-order valence-corrected chi connectivity index (χ2v) is 5.22. The third-order valence-corrected chi connectivity index (χ3v) is 3.05. The number of hydrogen-bond acceptors (Lipinski definition) is 8. The van der Waals surface area contributed by atoms with Crippen molar-refractivity contribution in [3.63, 3.8) is 0 Å². The fraction of sp³-hybridized carbons (Fsp3) is 0.375. The van der Waals surface area contributed by atoms with Gasteiger partial charge in [-0.15, -0.1) is 0 Å². The van der Waals surface area contributed by atoms with Crippen LogP contribution in [-0.2, 0) is 42.3 Å². The van der Waals surface area contributed by atoms with Gasteiger partial charge in [0.1, 0.15) is 0 Å². The topological polar surface area (TPSA) is 188 Å². The zero-order valence-corrected chi connectivity index (χ0v) is 17.7. The van der Waals surface area contributed by atoms with Gasteiger partial charge in [-0.2, -0.15) is 9.79 Å². The minimum absolute atomic E-state index is 0. The van der Waals surface area contributed by atoms with Crippen molar-refractivity contribution in [2.75, 3.05) is 39.3 Å². The first kappa shape index (κ1) is 33.0. The maximum atomic E-state index is 5.17. The standard InChI is InChI=1S/C10H8S2.3C2H8N2.Mn.H2O/c11-9-5-1-3-7-8(9)4-2-6-10(7)12;3*3-1-2-4;;/h1-6,11-12H;3*1-4H2;;1H2/q;;;;+2;/p-2. The van der Waals surface area contributed by atoms with E-state index in [-0.39, 0.29) is 22.5 Å². The third-order valence-electron chi connectivity index (χ3n) is 2.34. The van der Waals surface area contributed by atoms with E-state index in [1.807, 2.05) is 36.4 Å². The van der Waals surface area contributed by atoms with Crippen molar-refractivity contribution < 1.29 is 22.5 Å². The molecule has 0 saturated heterocycles. The van der Waals surface area contributed by atoms with Crippen LogP contribution in [0, 0.1) is 0 Å². The predicted octanol–water partition coefficient (Wildman–Crippen LogP) is -1.46. The number of benzene rings is 2. The SMILES string of the molecule is NCCN.NCCN.NCCN.O.[Mn+2].[S-]c1cccc2c([S-])cccc12. The van der Waals surface area contributed by atoms with E-state index in [9.17, 15) is 0 Å². The van der Waals surface area contributed by atoms with E-state index >= 15 is 0 Å². The summed E-state index contributed by atoms with van der Waals surface area (Å²) >= 11 is 10.3. The largest absolute Gasteiger partial charge is 2.00 e. The summed E-state index contributed by atoms with van der Waals surface area (Å²) < 4.78 is 0. The van der Waals surface area contributed by atoms with Crippen molar-refractivity contribution in [3.05, 3.63) is 36.4 Å². The Morgan fingerprint density at radius 3 is 0.962 bits per heavy atom. The molecule has 1 radical (unpaired) electrons. The first-order valence-corrected chi connectivity index (χ1v) is 8.41. The molecule has 0 heterocycles. The van der Waals surface area contributed by atoms with Crippen LogP contribution >= 0.6 is 0 Å². The average molecular weight is 444 g/mol. The third kappa shape index (κ3) is 16.8. The number of nitrogens with two attached hydrogens (primary N) is 6. The molecule has 0 bridgehead atoms. The molecule has 2 aromatic carbocycles. The number of fused-ring (bicyclic) bond motifs is 1. The molecule has 0 aromatic heterocycles. The molecule has 26 heavy (non-hydrogen) atoms. The fourth-order valence-corrected chi connectivity index (χ4v) is 1.77. The number of hydrogen-bond donors (Lipinski definition) is 6. The van der Waals surface area contributed by atoms with Gasteiger partial charge in [-0.25, -0.2) is 0 Å². The van der Waals surface area contributed by atoms with Crippen molar-refractivity contribution in [2.45, 2.75) is 9.79 Å². The van der Waals surface area contributed by atoms with Crippen molar-refractivity contribution >= 4 is 36.0 Å². The maximum Gasteiger partial charge on any atom is 2.00 e. The monoisotopic (exact) mass is 443 g/mol. The molecule has 0 aliphatic rings. The van der Waals surface area contributed by atoms with Gasteiger partial charge in [0.2, 0.25) is 0 Å². The summed E-state index contributed by atoms with van der Waals surface area (Å²) in [5.41, 5.74) is 29.4. The van der Waals surface area contributed by atoms with Crippen LogP contribution in [-0.4, -0.2) is 44.7 Å². The molecular weight excluding hydrogens is 411 g/mol. The summed E-state index contributed by atoms with van der Waals surface area (Å²) in [5, 5.41) is 2.17. The van der Waals surface area contributed by atoms with Crippen LogP contribution in [0.25, 0.3) is 10.8 Å². The van der Waals surface area contributed by atoms with Crippen LogP contribution in [0.4, 0.5) is 0 Å². The molecule has 0 unspecified atom stereocenters. The summed E-state index contributed by atoms with van der Waals surface area (Å²) in [4.78, 5) is 1.75. The van der Waals surface area contributed by atoms with Crippen molar-refractivity contribution in [2.24, 2.45) is 34.4 Å². The molecule has 0 aliphatic carbocycles. The molecule has 7 nitrogen and oxygen atoms in total. The molecule has 0 aliphatic heterocycles. The van der Waals surface area contributed by atoms with Gasteiger partial charge in [-0.05, 0) is 10.8 Å². The molecule has 151 valence electrons. The quantitative estimate of drug-likeness (QED) is 0.245. The van der Waals surface area contributed by atoms with Crippen LogP contribution < -0.4 is 34.4 Å². The zero-order chi connectivity index (χ0) is 18.8. The van der Waals surface area contributed by atoms with Crippen LogP contribution in [0.15, 0.2) is 46.2 Å². The molecular formula is C16H32MnN6OS2. The van der Waals surface area contributed by atoms with E-state index < -0.39 is 0 Å². The van der Waals surface area contributed by atoms with Crippen LogP contribution in [0.3, 0.4) is 0 Å². The smallest absolute Gasteiger partial charge is 0.779 e. The Hall–Kier alpha value is -0.621. The van der Waals surface area contributed by atoms with E-state index in [2.05, 4.69) is 0 Å². The summed E-state index contributed by atoms with van der Waals surface area (Å²) in [6.45, 7) is 3.58. The Bertz CT molecular complexity index is 480. The zero-order valence-electron chi connectivity index (χ0n) is 14.9. The van der Waals surface area contributed by atoms with Gasteiger partial charge in [0, 0.05) is 39.3 Å². The van der Waals surface area contributed by atoms with Gasteiger partial charge in [0.15, 0.2) is 0 Å². The van der Waals surface area contributed by atoms with E-state index in [1.165, 1.54) is 0 Å². The molecule has 2 aromatic rings. The molecule has 0 saturated carbocycles. The first-order chi connectivity index (χ1) is 11.5. The van der Waals surface area contributed by atoms with Gasteiger partial charge in [-0.3, -0.25) is 0 Å². The minimum Gasteiger partial charge on any atom is -0.779 e. The molecule has 0 spiro atoms. The first-order valence-electron chi connectivity index (χ1n) is 7.60. The Morgan fingerprint density at radius 1 is 0.538 bits per heavy atom. The molecule has 10 heteroatoms. The fourth-order valence-electron chi connectivity index (χ4n) is 1.25. The van der Waals surface area contributed by atoms with Gasteiger partial charge in [-0.1, -0.05) is 36.4 Å². The summed E-state index contributed by atoms with van der Waals surface area (Å²) in [5.74, 6) is 0. The summed E-state index contributed by atoms with van der Waals surface area (Å²) in [7, 11) is 0. The molecule has 2 rings (SSSR count). The molecule has 14 N–H and O–H groups in total. The molecule has 0 fully saturated rings. The van der Waals surface area contributed by atoms with E-state index in [4.69, 9.17) is 59.7 Å². The van der Waals surface area contributed by atoms with E-state index in [0.717, 1.165) is 20.6 Å². The van der Waals surface area contributed by atoms with E-state index in [0.29, 0.717) is 39.3 Å². The Kier molecular flexibility index (Phi) is 30.9. The van der Waals surface area contributed by atoms with Gasteiger partial charge in [0.05, 0.1) is 0 Å². The number of rotatable bonds is 3. The normalized spacial score (nSPS) is 8.23. The second-order valence-electron chi connectivity index (χ2n) is 4.34. The Labute approximate surface area is 178 Å².